The van der Waals surface area contributed by atoms with Crippen LogP contribution < -0.4 is 15.0 Å². The van der Waals surface area contributed by atoms with Crippen LogP contribution in [0.3, 0.4) is 0 Å². The molecule has 8 heteroatoms. The van der Waals surface area contributed by atoms with Crippen LogP contribution in [0.2, 0.25) is 10.0 Å². The Balaban J connectivity index is 1.39. The molecule has 0 saturated heterocycles. The lowest BCUT2D eigenvalue weighted by Crippen LogP contribution is -2.28. The molecule has 1 aromatic heterocycles. The fourth-order valence-electron chi connectivity index (χ4n) is 3.16. The summed E-state index contributed by atoms with van der Waals surface area (Å²) in [5.74, 6) is 0.0900. The zero-order valence-corrected chi connectivity index (χ0v) is 17.5. The molecule has 0 aliphatic carbocycles. The molecule has 3 aromatic rings. The van der Waals surface area contributed by atoms with E-state index < -0.39 is 0 Å². The van der Waals surface area contributed by atoms with Crippen molar-refractivity contribution in [2.45, 2.75) is 6.42 Å². The predicted molar refractivity (Wildman–Crippen MR) is 117 cm³/mol. The number of benzene rings is 2. The Labute approximate surface area is 181 Å². The first-order chi connectivity index (χ1) is 14.0. The third-order valence-electron chi connectivity index (χ3n) is 4.49. The van der Waals surface area contributed by atoms with Gasteiger partial charge in [-0.05, 0) is 59.8 Å². The van der Waals surface area contributed by atoms with Crippen molar-refractivity contribution in [3.8, 4) is 5.75 Å². The zero-order chi connectivity index (χ0) is 20.4. The second kappa shape index (κ2) is 8.45. The highest BCUT2D eigenvalue weighted by Gasteiger charge is 2.26. The zero-order valence-electron chi connectivity index (χ0n) is 15.2. The first-order valence-corrected chi connectivity index (χ1v) is 10.5. The number of nitrogens with zero attached hydrogens (tertiary/aromatic N) is 1. The van der Waals surface area contributed by atoms with Gasteiger partial charge < -0.3 is 15.0 Å². The van der Waals surface area contributed by atoms with E-state index in [1.807, 2.05) is 29.6 Å². The van der Waals surface area contributed by atoms with E-state index in [-0.39, 0.29) is 18.4 Å². The Morgan fingerprint density at radius 2 is 2.00 bits per heavy atom. The number of carbonyl (C=O) groups is 2. The molecule has 0 radical (unpaired) electrons. The SMILES string of the molecule is O=C(COc1ccc(Cl)cc1Cl)Nc1ccc2c(c1)CCN2C(=O)c1cccs1. The molecule has 5 nitrogen and oxygen atoms in total. The van der Waals surface area contributed by atoms with Crippen molar-refractivity contribution in [2.75, 3.05) is 23.4 Å². The molecular formula is C21H16Cl2N2O3S. The summed E-state index contributed by atoms with van der Waals surface area (Å²) >= 11 is 13.3. The maximum atomic E-state index is 12.6. The van der Waals surface area contributed by atoms with Crippen LogP contribution in [0.5, 0.6) is 5.75 Å². The van der Waals surface area contributed by atoms with Gasteiger partial charge in [0.25, 0.3) is 11.8 Å². The summed E-state index contributed by atoms with van der Waals surface area (Å²) in [5, 5.41) is 5.54. The van der Waals surface area contributed by atoms with Gasteiger partial charge in [-0.15, -0.1) is 11.3 Å². The Hall–Kier alpha value is -2.54. The summed E-state index contributed by atoms with van der Waals surface area (Å²) in [5.41, 5.74) is 2.56. The fraction of sp³-hybridized carbons (Fsp3) is 0.143. The molecular weight excluding hydrogens is 431 g/mol. The summed E-state index contributed by atoms with van der Waals surface area (Å²) in [6.07, 6.45) is 0.743. The van der Waals surface area contributed by atoms with Gasteiger partial charge in [-0.3, -0.25) is 9.59 Å². The van der Waals surface area contributed by atoms with E-state index >= 15 is 0 Å². The molecule has 0 fully saturated rings. The van der Waals surface area contributed by atoms with Crippen molar-refractivity contribution in [1.29, 1.82) is 0 Å². The molecule has 0 saturated carbocycles. The highest BCUT2D eigenvalue weighted by molar-refractivity contribution is 7.12. The number of thiophene rings is 1. The summed E-state index contributed by atoms with van der Waals surface area (Å²) in [4.78, 5) is 27.3. The first-order valence-electron chi connectivity index (χ1n) is 8.87. The molecule has 29 heavy (non-hydrogen) atoms. The van der Waals surface area contributed by atoms with Crippen molar-refractivity contribution in [2.24, 2.45) is 0 Å². The number of anilines is 2. The van der Waals surface area contributed by atoms with Crippen molar-refractivity contribution in [3.05, 3.63) is 74.4 Å². The number of rotatable bonds is 5. The van der Waals surface area contributed by atoms with Crippen LogP contribution in [0, 0.1) is 0 Å². The van der Waals surface area contributed by atoms with Gasteiger partial charge in [0.05, 0.1) is 9.90 Å². The molecule has 0 bridgehead atoms. The minimum Gasteiger partial charge on any atom is -0.482 e. The average Bonchev–Trinajstić information content (AvgIpc) is 3.36. The van der Waals surface area contributed by atoms with Gasteiger partial charge in [-0.2, -0.15) is 0 Å². The molecule has 0 atom stereocenters. The number of nitrogens with one attached hydrogen (secondary N) is 1. The molecule has 2 amide bonds. The lowest BCUT2D eigenvalue weighted by Gasteiger charge is -2.16. The molecule has 148 valence electrons. The monoisotopic (exact) mass is 446 g/mol. The molecule has 1 N–H and O–H groups in total. The third-order valence-corrected chi connectivity index (χ3v) is 5.88. The largest absolute Gasteiger partial charge is 0.482 e. The Morgan fingerprint density at radius 1 is 1.14 bits per heavy atom. The van der Waals surface area contributed by atoms with E-state index in [1.165, 1.54) is 11.3 Å². The molecule has 4 rings (SSSR count). The van der Waals surface area contributed by atoms with Crippen LogP contribution in [0.4, 0.5) is 11.4 Å². The molecule has 1 aliphatic heterocycles. The van der Waals surface area contributed by atoms with Crippen molar-refractivity contribution < 1.29 is 14.3 Å². The van der Waals surface area contributed by atoms with E-state index in [4.69, 9.17) is 27.9 Å². The highest BCUT2D eigenvalue weighted by atomic mass is 35.5. The smallest absolute Gasteiger partial charge is 0.268 e. The predicted octanol–water partition coefficient (Wildman–Crippen LogP) is 5.28. The van der Waals surface area contributed by atoms with Crippen LogP contribution >= 0.6 is 34.5 Å². The normalized spacial score (nSPS) is 12.6. The summed E-state index contributed by atoms with van der Waals surface area (Å²) in [6.45, 7) is 0.447. The number of hydrogen-bond donors (Lipinski definition) is 1. The van der Waals surface area contributed by atoms with Crippen molar-refractivity contribution in [3.63, 3.8) is 0 Å². The summed E-state index contributed by atoms with van der Waals surface area (Å²) < 4.78 is 5.45. The maximum Gasteiger partial charge on any atom is 0.268 e. The lowest BCUT2D eigenvalue weighted by molar-refractivity contribution is -0.118. The first kappa shape index (κ1) is 19.8. The van der Waals surface area contributed by atoms with Crippen LogP contribution in [0.15, 0.2) is 53.9 Å². The Bertz CT molecular complexity index is 1070. The molecule has 1 aliphatic rings. The number of hydrogen-bond acceptors (Lipinski definition) is 4. The topological polar surface area (TPSA) is 58.6 Å². The van der Waals surface area contributed by atoms with Gasteiger partial charge in [-0.1, -0.05) is 29.3 Å². The van der Waals surface area contributed by atoms with Gasteiger partial charge in [0.2, 0.25) is 0 Å². The van der Waals surface area contributed by atoms with E-state index in [0.29, 0.717) is 32.9 Å². The van der Waals surface area contributed by atoms with Gasteiger partial charge in [0.1, 0.15) is 5.75 Å². The van der Waals surface area contributed by atoms with Crippen LogP contribution in [0.25, 0.3) is 0 Å². The van der Waals surface area contributed by atoms with Gasteiger partial charge in [-0.25, -0.2) is 0 Å². The fourth-order valence-corrected chi connectivity index (χ4v) is 4.29. The summed E-state index contributed by atoms with van der Waals surface area (Å²) in [7, 11) is 0. The number of carbonyl (C=O) groups excluding carboxylic acids is 2. The van der Waals surface area contributed by atoms with Crippen LogP contribution in [0.1, 0.15) is 15.2 Å². The minimum atomic E-state index is -0.305. The molecule has 0 spiro atoms. The second-order valence-electron chi connectivity index (χ2n) is 6.44. The molecule has 2 aromatic carbocycles. The van der Waals surface area contributed by atoms with Crippen molar-refractivity contribution in [1.82, 2.24) is 0 Å². The second-order valence-corrected chi connectivity index (χ2v) is 8.23. The number of amides is 2. The summed E-state index contributed by atoms with van der Waals surface area (Å²) in [6, 6.07) is 14.0. The van der Waals surface area contributed by atoms with E-state index in [1.54, 1.807) is 29.2 Å². The Kier molecular flexibility index (Phi) is 5.76. The van der Waals surface area contributed by atoms with E-state index in [0.717, 1.165) is 17.7 Å². The quantitative estimate of drug-likeness (QED) is 0.580. The van der Waals surface area contributed by atoms with Gasteiger partial charge in [0.15, 0.2) is 6.61 Å². The average molecular weight is 447 g/mol. The van der Waals surface area contributed by atoms with E-state index in [2.05, 4.69) is 5.32 Å². The van der Waals surface area contributed by atoms with Crippen molar-refractivity contribution >= 4 is 57.7 Å². The Morgan fingerprint density at radius 3 is 2.76 bits per heavy atom. The minimum absolute atomic E-state index is 0.00350. The van der Waals surface area contributed by atoms with E-state index in [9.17, 15) is 9.59 Å². The molecule has 2 heterocycles. The lowest BCUT2D eigenvalue weighted by atomic mass is 10.1. The van der Waals surface area contributed by atoms with Gasteiger partial charge in [0, 0.05) is 22.9 Å². The standard InChI is InChI=1S/C21H16Cl2N2O3S/c22-14-3-6-18(16(23)11-14)28-12-20(26)24-15-4-5-17-13(10-15)7-8-25(17)21(27)19-2-1-9-29-19/h1-6,9-11H,7-8,12H2,(H,24,26). The third kappa shape index (κ3) is 4.40. The number of halogens is 2. The maximum absolute atomic E-state index is 12.6. The van der Waals surface area contributed by atoms with Crippen LogP contribution in [-0.2, 0) is 11.2 Å². The number of ether oxygens (including phenoxy) is 1. The van der Waals surface area contributed by atoms with Gasteiger partial charge >= 0.3 is 0 Å². The molecule has 0 unspecified atom stereocenters. The highest BCUT2D eigenvalue weighted by Crippen LogP contribution is 2.32. The van der Waals surface area contributed by atoms with Crippen LogP contribution in [-0.4, -0.2) is 25.0 Å². The number of fused-ring (bicyclic) bond motifs is 1.